The van der Waals surface area contributed by atoms with Crippen LogP contribution in [0.1, 0.15) is 49.3 Å². The molecule has 1 aromatic rings. The lowest BCUT2D eigenvalue weighted by atomic mass is 9.83. The summed E-state index contributed by atoms with van der Waals surface area (Å²) >= 11 is 0. The maximum atomic E-state index is 13.7. The average molecular weight is 248 g/mol. The monoisotopic (exact) mass is 248 g/mol. The Morgan fingerprint density at radius 2 is 2.17 bits per heavy atom. The predicted molar refractivity (Wildman–Crippen MR) is 69.7 cm³/mol. The number of aliphatic hydroxyl groups is 1. The third-order valence-corrected chi connectivity index (χ3v) is 4.92. The van der Waals surface area contributed by atoms with Crippen molar-refractivity contribution in [1.82, 2.24) is 0 Å². The molecule has 4 atom stereocenters. The molecule has 98 valence electrons. The van der Waals surface area contributed by atoms with Crippen molar-refractivity contribution in [3.63, 3.8) is 0 Å². The number of benzene rings is 1. The van der Waals surface area contributed by atoms with Crippen molar-refractivity contribution in [2.75, 3.05) is 0 Å². The predicted octanol–water partition coefficient (Wildman–Crippen LogP) is 3.99. The van der Waals surface area contributed by atoms with Crippen LogP contribution in [0.25, 0.3) is 0 Å². The first kappa shape index (κ1) is 12.2. The van der Waals surface area contributed by atoms with E-state index in [1.165, 1.54) is 31.7 Å². The molecular formula is C16H21FO. The van der Waals surface area contributed by atoms with Gasteiger partial charge in [-0.1, -0.05) is 24.1 Å². The molecular weight excluding hydrogens is 227 g/mol. The van der Waals surface area contributed by atoms with Gasteiger partial charge in [0, 0.05) is 5.56 Å². The lowest BCUT2D eigenvalue weighted by Crippen LogP contribution is -2.15. The fraction of sp³-hybridized carbons (Fsp3) is 0.625. The molecule has 4 unspecified atom stereocenters. The van der Waals surface area contributed by atoms with Crippen molar-refractivity contribution in [3.8, 4) is 0 Å². The topological polar surface area (TPSA) is 20.2 Å². The minimum Gasteiger partial charge on any atom is -0.388 e. The van der Waals surface area contributed by atoms with Crippen molar-refractivity contribution in [2.24, 2.45) is 17.8 Å². The van der Waals surface area contributed by atoms with Gasteiger partial charge in [-0.2, -0.15) is 0 Å². The number of fused-ring (bicyclic) bond motifs is 2. The maximum absolute atomic E-state index is 13.7. The van der Waals surface area contributed by atoms with Gasteiger partial charge in [0.05, 0.1) is 6.10 Å². The van der Waals surface area contributed by atoms with Crippen molar-refractivity contribution >= 4 is 0 Å². The maximum Gasteiger partial charge on any atom is 0.129 e. The van der Waals surface area contributed by atoms with Gasteiger partial charge in [0.2, 0.25) is 0 Å². The fourth-order valence-corrected chi connectivity index (χ4v) is 4.00. The SMILES string of the molecule is Cc1ccc(F)c(C(O)CC2CC3CCC2C3)c1. The quantitative estimate of drug-likeness (QED) is 0.857. The number of aliphatic hydroxyl groups excluding tert-OH is 1. The summed E-state index contributed by atoms with van der Waals surface area (Å²) in [5, 5.41) is 10.3. The van der Waals surface area contributed by atoms with Crippen LogP contribution in [0.2, 0.25) is 0 Å². The average Bonchev–Trinajstić information content (AvgIpc) is 2.94. The van der Waals surface area contributed by atoms with E-state index in [9.17, 15) is 9.50 Å². The molecule has 1 nitrogen and oxygen atoms in total. The van der Waals surface area contributed by atoms with Crippen LogP contribution in [0, 0.1) is 30.5 Å². The summed E-state index contributed by atoms with van der Waals surface area (Å²) < 4.78 is 13.7. The molecule has 2 saturated carbocycles. The molecule has 2 fully saturated rings. The normalized spacial score (nSPS) is 31.8. The molecule has 2 bridgehead atoms. The standard InChI is InChI=1S/C16H21FO/c1-10-2-5-15(17)14(6-10)16(18)9-13-8-11-3-4-12(13)7-11/h2,5-6,11-13,16,18H,3-4,7-9H2,1H3. The minimum atomic E-state index is -0.630. The minimum absolute atomic E-state index is 0.267. The number of halogens is 1. The van der Waals surface area contributed by atoms with Crippen LogP contribution < -0.4 is 0 Å². The first-order valence-corrected chi connectivity index (χ1v) is 7.07. The molecule has 18 heavy (non-hydrogen) atoms. The molecule has 0 saturated heterocycles. The van der Waals surface area contributed by atoms with Crippen LogP contribution in [0.4, 0.5) is 4.39 Å². The largest absolute Gasteiger partial charge is 0.388 e. The van der Waals surface area contributed by atoms with Gasteiger partial charge in [0.15, 0.2) is 0 Å². The van der Waals surface area contributed by atoms with Gasteiger partial charge >= 0.3 is 0 Å². The molecule has 0 aliphatic heterocycles. The lowest BCUT2D eigenvalue weighted by Gasteiger charge is -2.24. The zero-order valence-electron chi connectivity index (χ0n) is 10.9. The van der Waals surface area contributed by atoms with Crippen molar-refractivity contribution in [3.05, 3.63) is 35.1 Å². The summed E-state index contributed by atoms with van der Waals surface area (Å²) in [6.45, 7) is 1.94. The summed E-state index contributed by atoms with van der Waals surface area (Å²) in [5.74, 6) is 2.02. The summed E-state index contributed by atoms with van der Waals surface area (Å²) in [5.41, 5.74) is 1.50. The Balaban J connectivity index is 1.71. The van der Waals surface area contributed by atoms with Crippen molar-refractivity contribution in [1.29, 1.82) is 0 Å². The van der Waals surface area contributed by atoms with E-state index in [-0.39, 0.29) is 5.82 Å². The van der Waals surface area contributed by atoms with E-state index in [0.29, 0.717) is 11.5 Å². The Bertz CT molecular complexity index is 443. The van der Waals surface area contributed by atoms with Crippen LogP contribution in [0.5, 0.6) is 0 Å². The molecule has 0 spiro atoms. The molecule has 0 aromatic heterocycles. The molecule has 0 heterocycles. The van der Waals surface area contributed by atoms with Gasteiger partial charge in [-0.3, -0.25) is 0 Å². The summed E-state index contributed by atoms with van der Waals surface area (Å²) in [6, 6.07) is 5.00. The molecule has 2 aliphatic rings. The molecule has 2 heteroatoms. The van der Waals surface area contributed by atoms with Crippen LogP contribution in [-0.4, -0.2) is 5.11 Å². The molecule has 1 aromatic carbocycles. The van der Waals surface area contributed by atoms with E-state index < -0.39 is 6.10 Å². The summed E-state index contributed by atoms with van der Waals surface area (Å²) in [4.78, 5) is 0. The molecule has 3 rings (SSSR count). The van der Waals surface area contributed by atoms with Gasteiger partial charge in [0.25, 0.3) is 0 Å². The van der Waals surface area contributed by atoms with E-state index >= 15 is 0 Å². The highest BCUT2D eigenvalue weighted by Gasteiger charge is 2.40. The zero-order valence-corrected chi connectivity index (χ0v) is 10.9. The second kappa shape index (κ2) is 4.65. The highest BCUT2D eigenvalue weighted by atomic mass is 19.1. The van der Waals surface area contributed by atoms with E-state index in [1.807, 2.05) is 6.92 Å². The number of hydrogen-bond donors (Lipinski definition) is 1. The van der Waals surface area contributed by atoms with Gasteiger partial charge < -0.3 is 5.11 Å². The Morgan fingerprint density at radius 1 is 1.33 bits per heavy atom. The Kier molecular flexibility index (Phi) is 3.14. The molecule has 1 N–H and O–H groups in total. The number of rotatable bonds is 3. The van der Waals surface area contributed by atoms with E-state index in [1.54, 1.807) is 12.1 Å². The van der Waals surface area contributed by atoms with Crippen LogP contribution >= 0.6 is 0 Å². The van der Waals surface area contributed by atoms with Crippen molar-refractivity contribution in [2.45, 2.75) is 45.1 Å². The zero-order chi connectivity index (χ0) is 12.7. The van der Waals surface area contributed by atoms with E-state index in [0.717, 1.165) is 23.8 Å². The van der Waals surface area contributed by atoms with Crippen LogP contribution in [0.15, 0.2) is 18.2 Å². The first-order valence-electron chi connectivity index (χ1n) is 7.07. The molecule has 2 aliphatic carbocycles. The van der Waals surface area contributed by atoms with Gasteiger partial charge in [-0.25, -0.2) is 4.39 Å². The van der Waals surface area contributed by atoms with E-state index in [4.69, 9.17) is 0 Å². The first-order chi connectivity index (χ1) is 8.63. The Labute approximate surface area is 108 Å². The van der Waals surface area contributed by atoms with Gasteiger partial charge in [-0.05, 0) is 56.4 Å². The fourth-order valence-electron chi connectivity index (χ4n) is 4.00. The molecule has 0 amide bonds. The molecule has 0 radical (unpaired) electrons. The summed E-state index contributed by atoms with van der Waals surface area (Å²) in [6.07, 6.45) is 5.38. The number of hydrogen-bond acceptors (Lipinski definition) is 1. The van der Waals surface area contributed by atoms with Crippen LogP contribution in [-0.2, 0) is 0 Å². The van der Waals surface area contributed by atoms with Crippen LogP contribution in [0.3, 0.4) is 0 Å². The van der Waals surface area contributed by atoms with Crippen molar-refractivity contribution < 1.29 is 9.50 Å². The smallest absolute Gasteiger partial charge is 0.129 e. The second-order valence-corrected chi connectivity index (χ2v) is 6.21. The Morgan fingerprint density at radius 3 is 2.83 bits per heavy atom. The summed E-state index contributed by atoms with van der Waals surface area (Å²) in [7, 11) is 0. The third-order valence-electron chi connectivity index (χ3n) is 4.92. The number of aryl methyl sites for hydroxylation is 1. The third kappa shape index (κ3) is 2.18. The van der Waals surface area contributed by atoms with E-state index in [2.05, 4.69) is 0 Å². The van der Waals surface area contributed by atoms with Gasteiger partial charge in [-0.15, -0.1) is 0 Å². The lowest BCUT2D eigenvalue weighted by molar-refractivity contribution is 0.122. The highest BCUT2D eigenvalue weighted by Crippen LogP contribution is 2.51. The second-order valence-electron chi connectivity index (χ2n) is 6.21. The van der Waals surface area contributed by atoms with Gasteiger partial charge in [0.1, 0.15) is 5.82 Å². The highest BCUT2D eigenvalue weighted by molar-refractivity contribution is 5.26. The Hall–Kier alpha value is -0.890.